The third-order valence-electron chi connectivity index (χ3n) is 3.33. The molecule has 0 atom stereocenters. The number of aromatic nitrogens is 2. The molecule has 8 nitrogen and oxygen atoms in total. The van der Waals surface area contributed by atoms with Crippen LogP contribution in [0.5, 0.6) is 5.75 Å². The number of benzene rings is 2. The van der Waals surface area contributed by atoms with Gasteiger partial charge in [0.1, 0.15) is 17.4 Å². The van der Waals surface area contributed by atoms with Gasteiger partial charge in [-0.05, 0) is 24.3 Å². The zero-order valence-corrected chi connectivity index (χ0v) is 14.9. The summed E-state index contributed by atoms with van der Waals surface area (Å²) in [6.07, 6.45) is 1.61. The first kappa shape index (κ1) is 18.6. The van der Waals surface area contributed by atoms with E-state index in [0.717, 1.165) is 5.69 Å². The van der Waals surface area contributed by atoms with Crippen molar-refractivity contribution >= 4 is 29.1 Å². The van der Waals surface area contributed by atoms with Gasteiger partial charge < -0.3 is 15.2 Å². The average Bonchev–Trinajstić information content (AvgIpc) is 2.67. The fourth-order valence-corrected chi connectivity index (χ4v) is 3.03. The van der Waals surface area contributed by atoms with Crippen molar-refractivity contribution in [3.63, 3.8) is 0 Å². The lowest BCUT2D eigenvalue weighted by atomic mass is 10.3. The van der Waals surface area contributed by atoms with Crippen molar-refractivity contribution in [2.45, 2.75) is 9.92 Å². The van der Waals surface area contributed by atoms with Gasteiger partial charge in [-0.2, -0.15) is 0 Å². The molecule has 0 radical (unpaired) electrons. The van der Waals surface area contributed by atoms with Crippen molar-refractivity contribution in [1.29, 1.82) is 0 Å². The molecule has 0 spiro atoms. The van der Waals surface area contributed by atoms with Crippen molar-refractivity contribution < 1.29 is 14.8 Å². The van der Waals surface area contributed by atoms with E-state index in [1.54, 1.807) is 36.5 Å². The first-order valence-corrected chi connectivity index (χ1v) is 8.82. The molecule has 0 aliphatic carbocycles. The van der Waals surface area contributed by atoms with Crippen molar-refractivity contribution in [3.8, 4) is 5.75 Å². The molecule has 3 rings (SSSR count). The van der Waals surface area contributed by atoms with Crippen LogP contribution in [0.1, 0.15) is 0 Å². The monoisotopic (exact) mass is 384 g/mol. The minimum absolute atomic E-state index is 0.0344. The van der Waals surface area contributed by atoms with Crippen LogP contribution in [-0.4, -0.2) is 33.2 Å². The van der Waals surface area contributed by atoms with Crippen LogP contribution in [0.4, 0.5) is 17.3 Å². The van der Waals surface area contributed by atoms with Gasteiger partial charge in [0.2, 0.25) is 5.95 Å². The maximum Gasteiger partial charge on any atom is 0.270 e. The molecular weight excluding hydrogens is 368 g/mol. The number of aliphatic hydroxyl groups is 1. The van der Waals surface area contributed by atoms with Crippen LogP contribution in [0.2, 0.25) is 0 Å². The number of aliphatic hydroxyl groups excluding tert-OH is 1. The van der Waals surface area contributed by atoms with Crippen LogP contribution in [-0.2, 0) is 0 Å². The standard InChI is InChI=1S/C18H16N4O4S/c23-9-10-26-15-5-1-3-13(11-15)20-18-19-8-7-17(21-18)27-16-6-2-4-14(12-16)22(24)25/h1-8,11-12,23H,9-10H2,(H,19,20,21). The number of ether oxygens (including phenoxy) is 1. The van der Waals surface area contributed by atoms with Crippen LogP contribution in [0.3, 0.4) is 0 Å². The van der Waals surface area contributed by atoms with E-state index >= 15 is 0 Å². The van der Waals surface area contributed by atoms with Gasteiger partial charge in [-0.1, -0.05) is 23.9 Å². The number of nitrogens with zero attached hydrogens (tertiary/aromatic N) is 3. The van der Waals surface area contributed by atoms with Crippen LogP contribution in [0, 0.1) is 10.1 Å². The molecule has 138 valence electrons. The topological polar surface area (TPSA) is 110 Å². The molecule has 9 heteroatoms. The van der Waals surface area contributed by atoms with Gasteiger partial charge in [-0.15, -0.1) is 0 Å². The van der Waals surface area contributed by atoms with Crippen molar-refractivity contribution in [1.82, 2.24) is 9.97 Å². The molecule has 0 aliphatic rings. The van der Waals surface area contributed by atoms with Gasteiger partial charge in [0.15, 0.2) is 0 Å². The number of nitro benzene ring substituents is 1. The van der Waals surface area contributed by atoms with E-state index in [9.17, 15) is 10.1 Å². The predicted octanol–water partition coefficient (Wildman–Crippen LogP) is 3.65. The summed E-state index contributed by atoms with van der Waals surface area (Å²) in [4.78, 5) is 19.8. The SMILES string of the molecule is O=[N+]([O-])c1cccc(Sc2ccnc(Nc3cccc(OCCO)c3)n2)c1. The van der Waals surface area contributed by atoms with Gasteiger partial charge in [0, 0.05) is 35.0 Å². The molecule has 0 amide bonds. The van der Waals surface area contributed by atoms with E-state index in [1.807, 2.05) is 12.1 Å². The first-order valence-electron chi connectivity index (χ1n) is 8.00. The van der Waals surface area contributed by atoms with Crippen LogP contribution >= 0.6 is 11.8 Å². The lowest BCUT2D eigenvalue weighted by molar-refractivity contribution is -0.385. The number of non-ortho nitro benzene ring substituents is 1. The van der Waals surface area contributed by atoms with Gasteiger partial charge >= 0.3 is 0 Å². The van der Waals surface area contributed by atoms with E-state index in [0.29, 0.717) is 21.6 Å². The van der Waals surface area contributed by atoms with Gasteiger partial charge in [-0.3, -0.25) is 10.1 Å². The van der Waals surface area contributed by atoms with Crippen LogP contribution in [0.15, 0.2) is 70.7 Å². The second kappa shape index (κ2) is 8.97. The zero-order chi connectivity index (χ0) is 19.1. The maximum absolute atomic E-state index is 10.9. The molecule has 1 heterocycles. The summed E-state index contributed by atoms with van der Waals surface area (Å²) in [5, 5.41) is 23.5. The van der Waals surface area contributed by atoms with Gasteiger partial charge in [-0.25, -0.2) is 9.97 Å². The summed E-state index contributed by atoms with van der Waals surface area (Å²) in [7, 11) is 0. The van der Waals surface area contributed by atoms with E-state index in [-0.39, 0.29) is 18.9 Å². The Balaban J connectivity index is 1.72. The Morgan fingerprint density at radius 2 is 2.04 bits per heavy atom. The highest BCUT2D eigenvalue weighted by Crippen LogP contribution is 2.29. The van der Waals surface area contributed by atoms with E-state index in [4.69, 9.17) is 9.84 Å². The van der Waals surface area contributed by atoms with E-state index < -0.39 is 4.92 Å². The Morgan fingerprint density at radius 3 is 2.85 bits per heavy atom. The molecule has 2 aromatic carbocycles. The molecule has 0 unspecified atom stereocenters. The number of anilines is 2. The molecular formula is C18H16N4O4S. The molecule has 0 saturated carbocycles. The summed E-state index contributed by atoms with van der Waals surface area (Å²) in [6, 6.07) is 15.3. The van der Waals surface area contributed by atoms with E-state index in [2.05, 4.69) is 15.3 Å². The van der Waals surface area contributed by atoms with Crippen LogP contribution in [0.25, 0.3) is 0 Å². The average molecular weight is 384 g/mol. The number of nitrogens with one attached hydrogen (secondary N) is 1. The summed E-state index contributed by atoms with van der Waals surface area (Å²) >= 11 is 1.31. The second-order valence-corrected chi connectivity index (χ2v) is 6.39. The minimum atomic E-state index is -0.428. The molecule has 0 bridgehead atoms. The quantitative estimate of drug-likeness (QED) is 0.344. The summed E-state index contributed by atoms with van der Waals surface area (Å²) < 4.78 is 5.38. The number of hydrogen-bond donors (Lipinski definition) is 2. The fraction of sp³-hybridized carbons (Fsp3) is 0.111. The van der Waals surface area contributed by atoms with Crippen LogP contribution < -0.4 is 10.1 Å². The van der Waals surface area contributed by atoms with Gasteiger partial charge in [0.25, 0.3) is 5.69 Å². The third-order valence-corrected chi connectivity index (χ3v) is 4.26. The third kappa shape index (κ3) is 5.40. The number of hydrogen-bond acceptors (Lipinski definition) is 8. The molecule has 27 heavy (non-hydrogen) atoms. The van der Waals surface area contributed by atoms with Gasteiger partial charge in [0.05, 0.1) is 11.5 Å². The molecule has 0 fully saturated rings. The van der Waals surface area contributed by atoms with E-state index in [1.165, 1.54) is 23.9 Å². The Bertz CT molecular complexity index is 938. The summed E-state index contributed by atoms with van der Waals surface area (Å²) in [5.74, 6) is 1.01. The van der Waals surface area contributed by atoms with Crippen molar-refractivity contribution in [3.05, 3.63) is 70.9 Å². The number of rotatable bonds is 8. The van der Waals surface area contributed by atoms with Crippen molar-refractivity contribution in [2.75, 3.05) is 18.5 Å². The minimum Gasteiger partial charge on any atom is -0.491 e. The second-order valence-electron chi connectivity index (χ2n) is 5.30. The Kier molecular flexibility index (Phi) is 6.18. The molecule has 1 aromatic heterocycles. The lowest BCUT2D eigenvalue weighted by Crippen LogP contribution is -2.02. The Hall–Kier alpha value is -3.17. The fourth-order valence-electron chi connectivity index (χ4n) is 2.20. The Labute approximate surface area is 159 Å². The summed E-state index contributed by atoms with van der Waals surface area (Å²) in [5.41, 5.74) is 0.773. The highest BCUT2D eigenvalue weighted by molar-refractivity contribution is 7.99. The maximum atomic E-state index is 10.9. The smallest absolute Gasteiger partial charge is 0.270 e. The normalized spacial score (nSPS) is 10.4. The highest BCUT2D eigenvalue weighted by Gasteiger charge is 2.08. The highest BCUT2D eigenvalue weighted by atomic mass is 32.2. The zero-order valence-electron chi connectivity index (χ0n) is 14.1. The predicted molar refractivity (Wildman–Crippen MR) is 102 cm³/mol. The Morgan fingerprint density at radius 1 is 1.19 bits per heavy atom. The summed E-state index contributed by atoms with van der Waals surface area (Å²) in [6.45, 7) is 0.160. The largest absolute Gasteiger partial charge is 0.491 e. The number of nitro groups is 1. The molecule has 0 saturated heterocycles. The van der Waals surface area contributed by atoms with Crippen molar-refractivity contribution in [2.24, 2.45) is 0 Å². The molecule has 0 aliphatic heterocycles. The first-order chi connectivity index (χ1) is 13.1. The molecule has 3 aromatic rings. The molecule has 2 N–H and O–H groups in total. The lowest BCUT2D eigenvalue weighted by Gasteiger charge is -2.09.